The molecule has 0 aromatic heterocycles. The van der Waals surface area contributed by atoms with E-state index in [0.29, 0.717) is 11.3 Å². The van der Waals surface area contributed by atoms with Gasteiger partial charge < -0.3 is 29.4 Å². The maximum Gasteiger partial charge on any atom is 0.514 e. The van der Waals surface area contributed by atoms with Gasteiger partial charge >= 0.3 is 24.1 Å². The van der Waals surface area contributed by atoms with Gasteiger partial charge in [0.05, 0.1) is 10.8 Å². The van der Waals surface area contributed by atoms with Crippen molar-refractivity contribution < 1.29 is 42.9 Å². The van der Waals surface area contributed by atoms with Gasteiger partial charge in [-0.3, -0.25) is 14.4 Å². The van der Waals surface area contributed by atoms with Gasteiger partial charge in [0.2, 0.25) is 0 Å². The number of para-hydroxylation sites is 1. The van der Waals surface area contributed by atoms with Crippen molar-refractivity contribution in [3.8, 4) is 17.2 Å². The van der Waals surface area contributed by atoms with Gasteiger partial charge in [-0.1, -0.05) is 24.3 Å². The molecule has 0 radical (unpaired) electrons. The summed E-state index contributed by atoms with van der Waals surface area (Å²) >= 11 is 0. The molecule has 0 fully saturated rings. The van der Waals surface area contributed by atoms with E-state index in [2.05, 4.69) is 0 Å². The monoisotopic (exact) mass is 543 g/mol. The number of carbonyl (C=O) groups is 4. The number of ether oxygens (including phenoxy) is 5. The topological polar surface area (TPSA) is 140 Å². The van der Waals surface area contributed by atoms with Gasteiger partial charge in [-0.05, 0) is 84.7 Å². The predicted molar refractivity (Wildman–Crippen MR) is 142 cm³/mol. The molecule has 0 saturated carbocycles. The van der Waals surface area contributed by atoms with Crippen molar-refractivity contribution in [1.82, 2.24) is 0 Å². The second kappa shape index (κ2) is 13.2. The quantitative estimate of drug-likeness (QED) is 0.271. The Morgan fingerprint density at radius 1 is 0.795 bits per heavy atom. The summed E-state index contributed by atoms with van der Waals surface area (Å²) in [6, 6.07) is 11.9. The molecule has 39 heavy (non-hydrogen) atoms. The molecule has 0 aliphatic rings. The summed E-state index contributed by atoms with van der Waals surface area (Å²) in [7, 11) is 0. The molecule has 2 atom stereocenters. The van der Waals surface area contributed by atoms with Crippen molar-refractivity contribution in [1.29, 1.82) is 0 Å². The standard InChI is InChI=1S/C29H37NO9/c1-18(36-27(34)37-20-11-9-8-10-12-20)17-35-24(31)21(30)15-19-13-14-22(38-25(32)28(2,3)4)23(16-19)39-26(33)29(5,6)7/h8-14,16,18,21H,15,17,30H2,1-7H3/t18-,21-/m0/s1. The first-order chi connectivity index (χ1) is 18.1. The Morgan fingerprint density at radius 2 is 1.36 bits per heavy atom. The van der Waals surface area contributed by atoms with Crippen molar-refractivity contribution in [3.63, 3.8) is 0 Å². The normalized spacial score (nSPS) is 13.0. The van der Waals surface area contributed by atoms with E-state index in [9.17, 15) is 19.2 Å². The summed E-state index contributed by atoms with van der Waals surface area (Å²) < 4.78 is 26.3. The van der Waals surface area contributed by atoms with Crippen molar-refractivity contribution in [3.05, 3.63) is 54.1 Å². The Kier molecular flexibility index (Phi) is 10.6. The molecule has 0 bridgehead atoms. The Hall–Kier alpha value is -3.92. The number of nitrogens with two attached hydrogens (primary N) is 1. The van der Waals surface area contributed by atoms with E-state index in [0.717, 1.165) is 0 Å². The molecule has 0 saturated heterocycles. The third-order valence-corrected chi connectivity index (χ3v) is 5.10. The molecule has 0 spiro atoms. The van der Waals surface area contributed by atoms with Crippen LogP contribution < -0.4 is 19.9 Å². The number of benzene rings is 2. The maximum absolute atomic E-state index is 12.5. The van der Waals surface area contributed by atoms with Crippen LogP contribution in [0.15, 0.2) is 48.5 Å². The van der Waals surface area contributed by atoms with E-state index in [1.807, 2.05) is 0 Å². The van der Waals surface area contributed by atoms with Gasteiger partial charge in [-0.15, -0.1) is 0 Å². The van der Waals surface area contributed by atoms with Gasteiger partial charge in [-0.25, -0.2) is 4.79 Å². The molecule has 0 aliphatic carbocycles. The number of hydrogen-bond donors (Lipinski definition) is 1. The van der Waals surface area contributed by atoms with Gasteiger partial charge in [0.15, 0.2) is 11.5 Å². The van der Waals surface area contributed by atoms with Crippen molar-refractivity contribution in [2.75, 3.05) is 6.61 Å². The zero-order valence-electron chi connectivity index (χ0n) is 23.4. The molecule has 0 unspecified atom stereocenters. The fraction of sp³-hybridized carbons (Fsp3) is 0.448. The molecule has 0 heterocycles. The minimum atomic E-state index is -1.07. The molecule has 212 valence electrons. The van der Waals surface area contributed by atoms with Gasteiger partial charge in [0.1, 0.15) is 24.5 Å². The van der Waals surface area contributed by atoms with Crippen LogP contribution in [0.2, 0.25) is 0 Å². The molecule has 2 N–H and O–H groups in total. The molecule has 2 aromatic rings. The summed E-state index contributed by atoms with van der Waals surface area (Å²) in [5, 5.41) is 0. The summed E-state index contributed by atoms with van der Waals surface area (Å²) in [6.45, 7) is 11.5. The van der Waals surface area contributed by atoms with E-state index >= 15 is 0 Å². The Morgan fingerprint density at radius 3 is 1.92 bits per heavy atom. The molecule has 0 amide bonds. The second-order valence-corrected chi connectivity index (χ2v) is 11.1. The second-order valence-electron chi connectivity index (χ2n) is 11.1. The summed E-state index contributed by atoms with van der Waals surface area (Å²) in [5.41, 5.74) is 4.98. The lowest BCUT2D eigenvalue weighted by molar-refractivity contribution is -0.148. The first kappa shape index (κ1) is 31.3. The third-order valence-electron chi connectivity index (χ3n) is 5.10. The third kappa shape index (κ3) is 10.4. The largest absolute Gasteiger partial charge is 0.514 e. The van der Waals surface area contributed by atoms with Gasteiger partial charge in [0.25, 0.3) is 0 Å². The van der Waals surface area contributed by atoms with Crippen LogP contribution in [0.25, 0.3) is 0 Å². The molecule has 0 aliphatic heterocycles. The highest BCUT2D eigenvalue weighted by Gasteiger charge is 2.29. The number of rotatable bonds is 9. The molecular weight excluding hydrogens is 506 g/mol. The van der Waals surface area contributed by atoms with Gasteiger partial charge in [0, 0.05) is 0 Å². The molecule has 10 heteroatoms. The van der Waals surface area contributed by atoms with Gasteiger partial charge in [-0.2, -0.15) is 0 Å². The smallest absolute Gasteiger partial charge is 0.461 e. The summed E-state index contributed by atoms with van der Waals surface area (Å²) in [6.07, 6.45) is -1.67. The summed E-state index contributed by atoms with van der Waals surface area (Å²) in [5.74, 6) is -1.34. The van der Waals surface area contributed by atoms with Crippen LogP contribution in [0.4, 0.5) is 4.79 Å². The average Bonchev–Trinajstić information content (AvgIpc) is 2.83. The average molecular weight is 544 g/mol. The maximum atomic E-state index is 12.5. The van der Waals surface area contributed by atoms with E-state index in [1.165, 1.54) is 12.1 Å². The van der Waals surface area contributed by atoms with Crippen LogP contribution in [-0.4, -0.2) is 42.8 Å². The Labute approximate surface area is 228 Å². The van der Waals surface area contributed by atoms with Crippen molar-refractivity contribution >= 4 is 24.1 Å². The first-order valence-corrected chi connectivity index (χ1v) is 12.5. The highest BCUT2D eigenvalue weighted by molar-refractivity contribution is 5.81. The van der Waals surface area contributed by atoms with E-state index < -0.39 is 47.0 Å². The van der Waals surface area contributed by atoms with Crippen LogP contribution in [-0.2, 0) is 30.3 Å². The van der Waals surface area contributed by atoms with Crippen molar-refractivity contribution in [2.24, 2.45) is 16.6 Å². The number of carbonyl (C=O) groups excluding carboxylic acids is 4. The minimum Gasteiger partial charge on any atom is -0.461 e. The Balaban J connectivity index is 2.01. The van der Waals surface area contributed by atoms with Crippen LogP contribution in [0.1, 0.15) is 54.0 Å². The fourth-order valence-corrected chi connectivity index (χ4v) is 2.80. The predicted octanol–water partition coefficient (Wildman–Crippen LogP) is 4.61. The van der Waals surface area contributed by atoms with Crippen molar-refractivity contribution in [2.45, 2.75) is 67.0 Å². The zero-order valence-corrected chi connectivity index (χ0v) is 23.4. The fourth-order valence-electron chi connectivity index (χ4n) is 2.80. The molecule has 10 nitrogen and oxygen atoms in total. The van der Waals surface area contributed by atoms with Crippen LogP contribution in [0.3, 0.4) is 0 Å². The first-order valence-electron chi connectivity index (χ1n) is 12.5. The lowest BCUT2D eigenvalue weighted by Crippen LogP contribution is -2.36. The highest BCUT2D eigenvalue weighted by Crippen LogP contribution is 2.33. The van der Waals surface area contributed by atoms with E-state index in [-0.39, 0.29) is 24.5 Å². The SMILES string of the molecule is C[C@@H](COC(=O)[C@@H](N)Cc1ccc(OC(=O)C(C)(C)C)c(OC(=O)C(C)(C)C)c1)OC(=O)Oc1ccccc1. The van der Waals surface area contributed by atoms with Crippen LogP contribution in [0.5, 0.6) is 17.2 Å². The highest BCUT2D eigenvalue weighted by atomic mass is 16.7. The van der Waals surface area contributed by atoms with E-state index in [4.69, 9.17) is 29.4 Å². The summed E-state index contributed by atoms with van der Waals surface area (Å²) in [4.78, 5) is 49.3. The molecule has 2 rings (SSSR count). The van der Waals surface area contributed by atoms with E-state index in [1.54, 1.807) is 84.9 Å². The molecular formula is C29H37NO9. The number of esters is 3. The molecule has 2 aromatic carbocycles. The Bertz CT molecular complexity index is 1160. The lowest BCUT2D eigenvalue weighted by Gasteiger charge is -2.21. The number of hydrogen-bond acceptors (Lipinski definition) is 10. The van der Waals surface area contributed by atoms with Crippen LogP contribution >= 0.6 is 0 Å². The minimum absolute atomic E-state index is 0.0320. The lowest BCUT2D eigenvalue weighted by atomic mass is 9.97. The van der Waals surface area contributed by atoms with Crippen LogP contribution in [0, 0.1) is 10.8 Å². The zero-order chi connectivity index (χ0) is 29.4.